The van der Waals surface area contributed by atoms with Crippen LogP contribution in [0.4, 0.5) is 0 Å². The molecule has 3 heteroatoms. The van der Waals surface area contributed by atoms with E-state index in [4.69, 9.17) is 0 Å². The molecule has 0 radical (unpaired) electrons. The predicted molar refractivity (Wildman–Crippen MR) is 67.8 cm³/mol. The Morgan fingerprint density at radius 2 is 2.41 bits per heavy atom. The summed E-state index contributed by atoms with van der Waals surface area (Å²) in [5, 5.41) is 3.66. The maximum atomic E-state index is 11.7. The summed E-state index contributed by atoms with van der Waals surface area (Å²) >= 11 is 0. The molecule has 3 aliphatic heterocycles. The molecule has 0 aromatic carbocycles. The molecule has 3 saturated heterocycles. The van der Waals surface area contributed by atoms with E-state index in [1.807, 2.05) is 6.08 Å². The van der Waals surface area contributed by atoms with Crippen molar-refractivity contribution in [1.29, 1.82) is 0 Å². The number of nitrogens with one attached hydrogen (secondary N) is 1. The van der Waals surface area contributed by atoms with E-state index in [0.29, 0.717) is 23.8 Å². The van der Waals surface area contributed by atoms with Crippen LogP contribution in [0.15, 0.2) is 12.7 Å². The average molecular weight is 234 g/mol. The molecule has 3 fully saturated rings. The standard InChI is InChI=1S/C14H22N2O/c1-2-3-13-12-6-10(8-15-13)9-16-5-4-11(17)7-14(12)16/h2,10,12-15H,1,3-9H2/t10-,12-,13?,14?/m0/s1. The molecule has 0 aromatic rings. The lowest BCUT2D eigenvalue weighted by Gasteiger charge is -2.52. The van der Waals surface area contributed by atoms with Gasteiger partial charge in [0.25, 0.3) is 0 Å². The Kier molecular flexibility index (Phi) is 3.05. The van der Waals surface area contributed by atoms with Gasteiger partial charge in [-0.3, -0.25) is 9.69 Å². The van der Waals surface area contributed by atoms with Crippen LogP contribution in [0.1, 0.15) is 25.7 Å². The predicted octanol–water partition coefficient (Wildman–Crippen LogP) is 1.20. The molecule has 0 amide bonds. The summed E-state index contributed by atoms with van der Waals surface area (Å²) in [6, 6.07) is 1.05. The minimum Gasteiger partial charge on any atom is -0.313 e. The lowest BCUT2D eigenvalue weighted by atomic mass is 9.72. The topological polar surface area (TPSA) is 32.3 Å². The van der Waals surface area contributed by atoms with Crippen molar-refractivity contribution in [3.05, 3.63) is 12.7 Å². The third kappa shape index (κ3) is 2.06. The summed E-state index contributed by atoms with van der Waals surface area (Å²) < 4.78 is 0. The van der Waals surface area contributed by atoms with E-state index < -0.39 is 0 Å². The fraction of sp³-hybridized carbons (Fsp3) is 0.786. The second-order valence-electron chi connectivity index (χ2n) is 5.86. The highest BCUT2D eigenvalue weighted by Crippen LogP contribution is 2.37. The molecule has 94 valence electrons. The van der Waals surface area contributed by atoms with Gasteiger partial charge in [-0.25, -0.2) is 0 Å². The fourth-order valence-electron chi connectivity index (χ4n) is 3.98. The van der Waals surface area contributed by atoms with Gasteiger partial charge in [0.1, 0.15) is 5.78 Å². The van der Waals surface area contributed by atoms with Crippen molar-refractivity contribution in [2.75, 3.05) is 19.6 Å². The summed E-state index contributed by atoms with van der Waals surface area (Å²) in [7, 11) is 0. The highest BCUT2D eigenvalue weighted by Gasteiger charge is 2.44. The van der Waals surface area contributed by atoms with Crippen molar-refractivity contribution in [3.63, 3.8) is 0 Å². The van der Waals surface area contributed by atoms with Crippen molar-refractivity contribution in [2.45, 2.75) is 37.8 Å². The van der Waals surface area contributed by atoms with E-state index in [-0.39, 0.29) is 0 Å². The summed E-state index contributed by atoms with van der Waals surface area (Å²) in [4.78, 5) is 14.3. The van der Waals surface area contributed by atoms with E-state index in [1.165, 1.54) is 13.0 Å². The molecule has 0 aliphatic carbocycles. The Balaban J connectivity index is 1.79. The molecular formula is C14H22N2O. The molecule has 0 aromatic heterocycles. The first kappa shape index (κ1) is 11.4. The average Bonchev–Trinajstić information content (AvgIpc) is 2.34. The Hall–Kier alpha value is -0.670. The molecule has 3 aliphatic rings. The second-order valence-corrected chi connectivity index (χ2v) is 5.86. The maximum Gasteiger partial charge on any atom is 0.135 e. The molecule has 0 saturated carbocycles. The van der Waals surface area contributed by atoms with Crippen LogP contribution in [0.5, 0.6) is 0 Å². The zero-order chi connectivity index (χ0) is 11.8. The van der Waals surface area contributed by atoms with Gasteiger partial charge in [-0.1, -0.05) is 6.08 Å². The van der Waals surface area contributed by atoms with Crippen LogP contribution < -0.4 is 5.32 Å². The van der Waals surface area contributed by atoms with E-state index >= 15 is 0 Å². The van der Waals surface area contributed by atoms with Crippen molar-refractivity contribution >= 4 is 5.78 Å². The molecular weight excluding hydrogens is 212 g/mol. The van der Waals surface area contributed by atoms with Crippen LogP contribution in [-0.4, -0.2) is 42.4 Å². The minimum absolute atomic E-state index is 0.465. The number of hydrogen-bond donors (Lipinski definition) is 1. The van der Waals surface area contributed by atoms with Crippen LogP contribution in [0.25, 0.3) is 0 Å². The number of carbonyl (C=O) groups excluding carboxylic acids is 1. The normalized spacial score (nSPS) is 42.0. The Labute approximate surface area is 103 Å². The van der Waals surface area contributed by atoms with Crippen LogP contribution >= 0.6 is 0 Å². The fourth-order valence-corrected chi connectivity index (χ4v) is 3.98. The van der Waals surface area contributed by atoms with Gasteiger partial charge in [-0.2, -0.15) is 0 Å². The van der Waals surface area contributed by atoms with Crippen molar-refractivity contribution in [2.24, 2.45) is 11.8 Å². The van der Waals surface area contributed by atoms with Gasteiger partial charge in [-0.15, -0.1) is 6.58 Å². The van der Waals surface area contributed by atoms with Gasteiger partial charge >= 0.3 is 0 Å². The number of piperidine rings is 3. The summed E-state index contributed by atoms with van der Waals surface area (Å²) in [6.07, 6.45) is 5.92. The first-order valence-electron chi connectivity index (χ1n) is 6.88. The van der Waals surface area contributed by atoms with Gasteiger partial charge < -0.3 is 5.32 Å². The molecule has 0 spiro atoms. The van der Waals surface area contributed by atoms with E-state index in [0.717, 1.165) is 38.3 Å². The van der Waals surface area contributed by atoms with E-state index in [2.05, 4.69) is 16.8 Å². The molecule has 2 bridgehead atoms. The van der Waals surface area contributed by atoms with Crippen molar-refractivity contribution in [3.8, 4) is 0 Å². The summed E-state index contributed by atoms with van der Waals surface area (Å²) in [5.74, 6) is 1.92. The number of nitrogens with zero attached hydrogens (tertiary/aromatic N) is 1. The van der Waals surface area contributed by atoms with Crippen LogP contribution in [0.2, 0.25) is 0 Å². The SMILES string of the molecule is C=CCC1NC[C@@H]2C[C@@H]1C1CC(=O)CCN1C2. The number of hydrogen-bond acceptors (Lipinski definition) is 3. The van der Waals surface area contributed by atoms with Gasteiger partial charge in [0.15, 0.2) is 0 Å². The zero-order valence-corrected chi connectivity index (χ0v) is 10.4. The lowest BCUT2D eigenvalue weighted by Crippen LogP contribution is -2.62. The van der Waals surface area contributed by atoms with Gasteiger partial charge in [0, 0.05) is 38.0 Å². The van der Waals surface area contributed by atoms with Crippen molar-refractivity contribution in [1.82, 2.24) is 10.2 Å². The molecule has 2 unspecified atom stereocenters. The number of fused-ring (bicyclic) bond motifs is 4. The monoisotopic (exact) mass is 234 g/mol. The Morgan fingerprint density at radius 3 is 3.24 bits per heavy atom. The summed E-state index contributed by atoms with van der Waals surface area (Å²) in [6.45, 7) is 7.20. The van der Waals surface area contributed by atoms with Crippen LogP contribution in [0.3, 0.4) is 0 Å². The van der Waals surface area contributed by atoms with E-state index in [9.17, 15) is 4.79 Å². The Bertz CT molecular complexity index is 328. The van der Waals surface area contributed by atoms with Crippen LogP contribution in [0, 0.1) is 11.8 Å². The number of rotatable bonds is 2. The highest BCUT2D eigenvalue weighted by atomic mass is 16.1. The van der Waals surface area contributed by atoms with Gasteiger partial charge in [0.2, 0.25) is 0 Å². The van der Waals surface area contributed by atoms with E-state index in [1.54, 1.807) is 0 Å². The maximum absolute atomic E-state index is 11.7. The molecule has 3 heterocycles. The molecule has 1 N–H and O–H groups in total. The summed E-state index contributed by atoms with van der Waals surface area (Å²) in [5.41, 5.74) is 0. The lowest BCUT2D eigenvalue weighted by molar-refractivity contribution is -0.127. The quantitative estimate of drug-likeness (QED) is 0.729. The second kappa shape index (κ2) is 4.54. The number of Topliss-reactive ketones (excluding diaryl/α,β-unsaturated/α-hetero) is 1. The molecule has 3 rings (SSSR count). The molecule has 4 atom stereocenters. The first-order valence-corrected chi connectivity index (χ1v) is 6.88. The third-order valence-electron chi connectivity index (χ3n) is 4.78. The zero-order valence-electron chi connectivity index (χ0n) is 10.4. The number of ketones is 1. The van der Waals surface area contributed by atoms with Crippen molar-refractivity contribution < 1.29 is 4.79 Å². The molecule has 17 heavy (non-hydrogen) atoms. The first-order chi connectivity index (χ1) is 8.28. The highest BCUT2D eigenvalue weighted by molar-refractivity contribution is 5.80. The van der Waals surface area contributed by atoms with Gasteiger partial charge in [-0.05, 0) is 31.2 Å². The van der Waals surface area contributed by atoms with Gasteiger partial charge in [0.05, 0.1) is 0 Å². The van der Waals surface area contributed by atoms with Crippen LogP contribution in [-0.2, 0) is 4.79 Å². The smallest absolute Gasteiger partial charge is 0.135 e. The minimum atomic E-state index is 0.465. The number of carbonyl (C=O) groups is 1. The third-order valence-corrected chi connectivity index (χ3v) is 4.78. The largest absolute Gasteiger partial charge is 0.313 e. The Morgan fingerprint density at radius 1 is 1.53 bits per heavy atom. The molecule has 3 nitrogen and oxygen atoms in total.